The van der Waals surface area contributed by atoms with E-state index < -0.39 is 23.2 Å². The third-order valence-electron chi connectivity index (χ3n) is 3.21. The van der Waals surface area contributed by atoms with Crippen molar-refractivity contribution in [2.24, 2.45) is 0 Å². The van der Waals surface area contributed by atoms with Gasteiger partial charge in [0.1, 0.15) is 0 Å². The van der Waals surface area contributed by atoms with Crippen molar-refractivity contribution in [3.05, 3.63) is 75.7 Å². The zero-order valence-electron chi connectivity index (χ0n) is 12.2. The van der Waals surface area contributed by atoms with Crippen LogP contribution in [0.2, 0.25) is 0 Å². The fourth-order valence-electron chi connectivity index (χ4n) is 2.01. The molecule has 2 rings (SSSR count). The number of halogens is 3. The van der Waals surface area contributed by atoms with E-state index in [9.17, 15) is 22.8 Å². The summed E-state index contributed by atoms with van der Waals surface area (Å²) in [6.45, 7) is 0.0881. The van der Waals surface area contributed by atoms with Crippen LogP contribution < -0.4 is 11.0 Å². The number of benzene rings is 1. The number of nitrogens with one attached hydrogen (secondary N) is 1. The summed E-state index contributed by atoms with van der Waals surface area (Å²) >= 11 is 0. The van der Waals surface area contributed by atoms with E-state index in [4.69, 9.17) is 5.21 Å². The average Bonchev–Trinajstić information content (AvgIpc) is 2.55. The maximum Gasteiger partial charge on any atom is 0.416 e. The molecule has 0 aliphatic carbocycles. The number of carbonyl (C=O) groups excluding carboxylic acids is 1. The molecule has 8 heteroatoms. The van der Waals surface area contributed by atoms with Gasteiger partial charge in [0.05, 0.1) is 12.1 Å². The van der Waals surface area contributed by atoms with Gasteiger partial charge in [-0.05, 0) is 35.9 Å². The molecule has 1 aromatic heterocycles. The van der Waals surface area contributed by atoms with Crippen LogP contribution in [0.4, 0.5) is 13.2 Å². The average molecular weight is 338 g/mol. The molecule has 1 heterocycles. The molecule has 0 fully saturated rings. The number of nitrogens with zero attached hydrogens (tertiary/aromatic N) is 1. The quantitative estimate of drug-likeness (QED) is 0.511. The van der Waals surface area contributed by atoms with Gasteiger partial charge in [0.15, 0.2) is 0 Å². The summed E-state index contributed by atoms with van der Waals surface area (Å²) in [4.78, 5) is 23.2. The van der Waals surface area contributed by atoms with Crippen LogP contribution in [-0.4, -0.2) is 15.7 Å². The van der Waals surface area contributed by atoms with Gasteiger partial charge in [0.25, 0.3) is 11.5 Å². The maximum atomic E-state index is 12.5. The molecule has 2 aromatic rings. The van der Waals surface area contributed by atoms with Gasteiger partial charge in [-0.3, -0.25) is 14.8 Å². The molecule has 0 radical (unpaired) electrons. The molecule has 0 atom stereocenters. The minimum absolute atomic E-state index is 0.0881. The number of alkyl halides is 3. The number of hydroxylamine groups is 1. The molecule has 1 amide bonds. The van der Waals surface area contributed by atoms with Crippen molar-refractivity contribution in [1.82, 2.24) is 10.0 Å². The maximum absolute atomic E-state index is 12.5. The fourth-order valence-corrected chi connectivity index (χ4v) is 2.01. The lowest BCUT2D eigenvalue weighted by Gasteiger charge is -2.09. The summed E-state index contributed by atoms with van der Waals surface area (Å²) in [6.07, 6.45) is -0.701. The lowest BCUT2D eigenvalue weighted by atomic mass is 10.1. The summed E-state index contributed by atoms with van der Waals surface area (Å²) in [5.41, 5.74) is 0.953. The number of amides is 1. The van der Waals surface area contributed by atoms with Crippen molar-refractivity contribution < 1.29 is 23.2 Å². The Bertz CT molecular complexity index is 809. The monoisotopic (exact) mass is 338 g/mol. The van der Waals surface area contributed by atoms with Crippen LogP contribution in [0, 0.1) is 0 Å². The van der Waals surface area contributed by atoms with Crippen molar-refractivity contribution in [2.75, 3.05) is 0 Å². The van der Waals surface area contributed by atoms with Crippen molar-refractivity contribution in [1.29, 1.82) is 0 Å². The van der Waals surface area contributed by atoms with Crippen LogP contribution >= 0.6 is 0 Å². The molecule has 0 saturated heterocycles. The fraction of sp³-hybridized carbons (Fsp3) is 0.125. The molecular formula is C16H13F3N2O3. The molecule has 2 N–H and O–H groups in total. The lowest BCUT2D eigenvalue weighted by molar-refractivity contribution is -0.137. The molecule has 0 aliphatic heterocycles. The summed E-state index contributed by atoms with van der Waals surface area (Å²) in [5, 5.41) is 8.40. The van der Waals surface area contributed by atoms with E-state index in [1.807, 2.05) is 0 Å². The Morgan fingerprint density at radius 3 is 2.46 bits per heavy atom. The largest absolute Gasteiger partial charge is 0.416 e. The highest BCUT2D eigenvalue weighted by molar-refractivity contribution is 5.90. The molecule has 5 nitrogen and oxygen atoms in total. The van der Waals surface area contributed by atoms with Crippen molar-refractivity contribution in [3.8, 4) is 0 Å². The molecule has 24 heavy (non-hydrogen) atoms. The Morgan fingerprint density at radius 2 is 1.88 bits per heavy atom. The van der Waals surface area contributed by atoms with Crippen LogP contribution in [-0.2, 0) is 17.5 Å². The standard InChI is InChI=1S/C16H13F3N2O3/c17-16(18,19)13-6-3-11(4-7-13)10-21-9-1-2-12(15(21)23)5-8-14(22)20-24/h1-9,24H,10H2,(H,20,22)/b8-5+. The normalized spacial score (nSPS) is 11.7. The molecule has 126 valence electrons. The van der Waals surface area contributed by atoms with Gasteiger partial charge < -0.3 is 4.57 Å². The minimum atomic E-state index is -4.41. The molecule has 0 spiro atoms. The highest BCUT2D eigenvalue weighted by Crippen LogP contribution is 2.29. The van der Waals surface area contributed by atoms with E-state index >= 15 is 0 Å². The van der Waals surface area contributed by atoms with Crippen LogP contribution in [0.5, 0.6) is 0 Å². The van der Waals surface area contributed by atoms with Gasteiger partial charge in [-0.25, -0.2) is 5.48 Å². The first kappa shape index (κ1) is 17.5. The Balaban J connectivity index is 2.23. The van der Waals surface area contributed by atoms with E-state index in [1.165, 1.54) is 40.5 Å². The SMILES string of the molecule is O=C(/C=C/c1cccn(Cc2ccc(C(F)(F)F)cc2)c1=O)NO. The number of pyridine rings is 1. The smallest absolute Gasteiger partial charge is 0.311 e. The van der Waals surface area contributed by atoms with Crippen LogP contribution in [0.1, 0.15) is 16.7 Å². The number of rotatable bonds is 4. The van der Waals surface area contributed by atoms with Gasteiger partial charge >= 0.3 is 6.18 Å². The summed E-state index contributed by atoms with van der Waals surface area (Å²) in [6, 6.07) is 7.56. The second-order valence-electron chi connectivity index (χ2n) is 4.90. The highest BCUT2D eigenvalue weighted by atomic mass is 19.4. The number of hydrogen-bond donors (Lipinski definition) is 2. The van der Waals surface area contributed by atoms with Crippen molar-refractivity contribution >= 4 is 12.0 Å². The third kappa shape index (κ3) is 4.32. The van der Waals surface area contributed by atoms with Crippen molar-refractivity contribution in [2.45, 2.75) is 12.7 Å². The van der Waals surface area contributed by atoms with Gasteiger partial charge in [-0.2, -0.15) is 13.2 Å². The Kier molecular flexibility index (Phi) is 5.20. The predicted molar refractivity (Wildman–Crippen MR) is 80.2 cm³/mol. The topological polar surface area (TPSA) is 71.3 Å². The van der Waals surface area contributed by atoms with E-state index in [-0.39, 0.29) is 12.1 Å². The molecular weight excluding hydrogens is 325 g/mol. The Hall–Kier alpha value is -2.87. The number of carbonyl (C=O) groups is 1. The molecule has 0 bridgehead atoms. The zero-order chi connectivity index (χ0) is 17.7. The second-order valence-corrected chi connectivity index (χ2v) is 4.90. The Labute approximate surface area is 134 Å². The summed E-state index contributed by atoms with van der Waals surface area (Å²) in [7, 11) is 0. The predicted octanol–water partition coefficient (Wildman–Crippen LogP) is 2.43. The van der Waals surface area contributed by atoms with E-state index in [0.29, 0.717) is 5.56 Å². The van der Waals surface area contributed by atoms with Crippen molar-refractivity contribution in [3.63, 3.8) is 0 Å². The van der Waals surface area contributed by atoms with Gasteiger partial charge in [-0.1, -0.05) is 12.1 Å². The van der Waals surface area contributed by atoms with E-state index in [0.717, 1.165) is 18.2 Å². The Morgan fingerprint density at radius 1 is 1.21 bits per heavy atom. The van der Waals surface area contributed by atoms with E-state index in [2.05, 4.69) is 0 Å². The third-order valence-corrected chi connectivity index (χ3v) is 3.21. The molecule has 0 aliphatic rings. The number of aromatic nitrogens is 1. The van der Waals surface area contributed by atoms with Gasteiger partial charge in [-0.15, -0.1) is 0 Å². The summed E-state index contributed by atoms with van der Waals surface area (Å²) in [5.74, 6) is -0.785. The highest BCUT2D eigenvalue weighted by Gasteiger charge is 2.29. The first-order valence-corrected chi connectivity index (χ1v) is 6.79. The lowest BCUT2D eigenvalue weighted by Crippen LogP contribution is -2.22. The first-order chi connectivity index (χ1) is 11.3. The van der Waals surface area contributed by atoms with Crippen LogP contribution in [0.25, 0.3) is 6.08 Å². The second kappa shape index (κ2) is 7.14. The molecule has 0 unspecified atom stereocenters. The number of hydrogen-bond acceptors (Lipinski definition) is 3. The van der Waals surface area contributed by atoms with Crippen LogP contribution in [0.15, 0.2) is 53.5 Å². The molecule has 0 saturated carbocycles. The minimum Gasteiger partial charge on any atom is -0.311 e. The van der Waals surface area contributed by atoms with E-state index in [1.54, 1.807) is 6.07 Å². The van der Waals surface area contributed by atoms with Crippen LogP contribution in [0.3, 0.4) is 0 Å². The molecule has 1 aromatic carbocycles. The van der Waals surface area contributed by atoms with Gasteiger partial charge in [0.2, 0.25) is 0 Å². The van der Waals surface area contributed by atoms with Gasteiger partial charge in [0, 0.05) is 17.8 Å². The zero-order valence-corrected chi connectivity index (χ0v) is 12.2. The summed E-state index contributed by atoms with van der Waals surface area (Å²) < 4.78 is 38.9. The first-order valence-electron chi connectivity index (χ1n) is 6.79.